The molecule has 0 atom stereocenters. The first-order valence-electron chi connectivity index (χ1n) is 7.99. The molecule has 0 radical (unpaired) electrons. The van der Waals surface area contributed by atoms with E-state index in [0.29, 0.717) is 11.6 Å². The predicted molar refractivity (Wildman–Crippen MR) is 96.2 cm³/mol. The molecular formula is C19H14F3N3O3. The van der Waals surface area contributed by atoms with Crippen LogP contribution in [0.1, 0.15) is 15.9 Å². The second-order valence-electron chi connectivity index (χ2n) is 5.73. The van der Waals surface area contributed by atoms with E-state index in [4.69, 9.17) is 4.74 Å². The van der Waals surface area contributed by atoms with E-state index < -0.39 is 29.0 Å². The third-order valence-corrected chi connectivity index (χ3v) is 3.93. The minimum absolute atomic E-state index is 0.0938. The second kappa shape index (κ2) is 7.55. The normalized spacial score (nSPS) is 11.1. The van der Waals surface area contributed by atoms with E-state index in [1.807, 2.05) is 0 Å². The number of H-pyrrole nitrogens is 1. The van der Waals surface area contributed by atoms with Crippen LogP contribution >= 0.6 is 0 Å². The molecule has 9 heteroatoms. The molecule has 2 N–H and O–H groups in total. The van der Waals surface area contributed by atoms with Gasteiger partial charge >= 0.3 is 6.18 Å². The number of anilines is 1. The van der Waals surface area contributed by atoms with Gasteiger partial charge in [-0.15, -0.1) is 0 Å². The molecule has 0 fully saturated rings. The molecular weight excluding hydrogens is 375 g/mol. The van der Waals surface area contributed by atoms with E-state index in [0.717, 1.165) is 18.7 Å². The molecule has 3 aromatic rings. The molecule has 0 saturated carbocycles. The molecule has 6 nitrogen and oxygen atoms in total. The third kappa shape index (κ3) is 4.03. The van der Waals surface area contributed by atoms with Gasteiger partial charge in [0.2, 0.25) is 0 Å². The second-order valence-corrected chi connectivity index (χ2v) is 5.73. The zero-order chi connectivity index (χ0) is 20.3. The SMILES string of the molecule is COc1ccc(C(=O)Nc2cc(-c3ccncc3)c[nH]c2=O)cc1C(F)(F)F. The lowest BCUT2D eigenvalue weighted by Crippen LogP contribution is -2.20. The van der Waals surface area contributed by atoms with Crippen molar-refractivity contribution in [1.82, 2.24) is 9.97 Å². The highest BCUT2D eigenvalue weighted by molar-refractivity contribution is 6.04. The Morgan fingerprint density at radius 3 is 2.46 bits per heavy atom. The Bertz CT molecular complexity index is 1060. The Hall–Kier alpha value is -3.62. The number of nitrogens with zero attached hydrogens (tertiary/aromatic N) is 1. The Kier molecular flexibility index (Phi) is 5.16. The average molecular weight is 389 g/mol. The third-order valence-electron chi connectivity index (χ3n) is 3.93. The molecule has 144 valence electrons. The monoisotopic (exact) mass is 389 g/mol. The number of hydrogen-bond acceptors (Lipinski definition) is 4. The number of alkyl halides is 3. The van der Waals surface area contributed by atoms with Crippen molar-refractivity contribution >= 4 is 11.6 Å². The van der Waals surface area contributed by atoms with Crippen LogP contribution in [0.5, 0.6) is 5.75 Å². The molecule has 1 aromatic carbocycles. The fraction of sp³-hybridized carbons (Fsp3) is 0.105. The summed E-state index contributed by atoms with van der Waals surface area (Å²) in [6.45, 7) is 0. The number of aromatic nitrogens is 2. The van der Waals surface area contributed by atoms with Crippen molar-refractivity contribution in [3.8, 4) is 16.9 Å². The first-order chi connectivity index (χ1) is 13.3. The van der Waals surface area contributed by atoms with E-state index in [2.05, 4.69) is 15.3 Å². The van der Waals surface area contributed by atoms with Gasteiger partial charge in [-0.2, -0.15) is 13.2 Å². The number of rotatable bonds is 4. The lowest BCUT2D eigenvalue weighted by atomic mass is 10.1. The number of methoxy groups -OCH3 is 1. The van der Waals surface area contributed by atoms with Crippen LogP contribution in [0.15, 0.2) is 59.8 Å². The van der Waals surface area contributed by atoms with Gasteiger partial charge in [-0.1, -0.05) is 0 Å². The first kappa shape index (κ1) is 19.2. The Morgan fingerprint density at radius 1 is 1.11 bits per heavy atom. The van der Waals surface area contributed by atoms with Gasteiger partial charge in [-0.25, -0.2) is 0 Å². The van der Waals surface area contributed by atoms with Crippen LogP contribution in [-0.2, 0) is 6.18 Å². The summed E-state index contributed by atoms with van der Waals surface area (Å²) in [5.74, 6) is -1.26. The summed E-state index contributed by atoms with van der Waals surface area (Å²) in [6, 6.07) is 7.76. The molecule has 0 spiro atoms. The molecule has 0 saturated heterocycles. The van der Waals surface area contributed by atoms with E-state index in [-0.39, 0.29) is 11.3 Å². The Labute approximate surface area is 157 Å². The van der Waals surface area contributed by atoms with Crippen molar-refractivity contribution in [2.24, 2.45) is 0 Å². The van der Waals surface area contributed by atoms with Gasteiger partial charge in [0.25, 0.3) is 11.5 Å². The molecule has 28 heavy (non-hydrogen) atoms. The number of carbonyl (C=O) groups is 1. The summed E-state index contributed by atoms with van der Waals surface area (Å²) in [6.07, 6.45) is -0.105. The summed E-state index contributed by atoms with van der Waals surface area (Å²) < 4.78 is 44.1. The van der Waals surface area contributed by atoms with Crippen LogP contribution < -0.4 is 15.6 Å². The molecule has 1 amide bonds. The van der Waals surface area contributed by atoms with Gasteiger partial charge in [0.15, 0.2) is 0 Å². The number of pyridine rings is 2. The summed E-state index contributed by atoms with van der Waals surface area (Å²) in [7, 11) is 1.11. The van der Waals surface area contributed by atoms with E-state index in [1.165, 1.54) is 18.3 Å². The van der Waals surface area contributed by atoms with E-state index in [1.54, 1.807) is 24.5 Å². The lowest BCUT2D eigenvalue weighted by Gasteiger charge is -2.13. The van der Waals surface area contributed by atoms with Gasteiger partial charge in [0.1, 0.15) is 11.4 Å². The standard InChI is InChI=1S/C19H14F3N3O3/c1-28-16-3-2-12(8-14(16)19(20,21)22)17(26)25-15-9-13(10-24-18(15)27)11-4-6-23-7-5-11/h2-10H,1H3,(H,24,27)(H,25,26). The highest BCUT2D eigenvalue weighted by Gasteiger charge is 2.35. The Morgan fingerprint density at radius 2 is 1.82 bits per heavy atom. The topological polar surface area (TPSA) is 84.1 Å². The minimum Gasteiger partial charge on any atom is -0.496 e. The Balaban J connectivity index is 1.93. The smallest absolute Gasteiger partial charge is 0.419 e. The summed E-state index contributed by atoms with van der Waals surface area (Å²) >= 11 is 0. The van der Waals surface area contributed by atoms with Gasteiger partial charge in [0.05, 0.1) is 12.7 Å². The predicted octanol–water partition coefficient (Wildman–Crippen LogP) is 3.72. The highest BCUT2D eigenvalue weighted by atomic mass is 19.4. The van der Waals surface area contributed by atoms with Gasteiger partial charge < -0.3 is 15.0 Å². The minimum atomic E-state index is -4.69. The maximum Gasteiger partial charge on any atom is 0.419 e. The number of aromatic amines is 1. The summed E-state index contributed by atoms with van der Waals surface area (Å²) in [4.78, 5) is 30.8. The molecule has 0 bridgehead atoms. The number of nitrogens with one attached hydrogen (secondary N) is 2. The number of carbonyl (C=O) groups excluding carboxylic acids is 1. The fourth-order valence-electron chi connectivity index (χ4n) is 2.55. The van der Waals surface area contributed by atoms with E-state index >= 15 is 0 Å². The summed E-state index contributed by atoms with van der Waals surface area (Å²) in [5, 5.41) is 2.35. The number of halogens is 3. The van der Waals surface area contributed by atoms with Crippen LogP contribution in [0.2, 0.25) is 0 Å². The average Bonchev–Trinajstić information content (AvgIpc) is 2.69. The van der Waals surface area contributed by atoms with Crippen molar-refractivity contribution in [2.75, 3.05) is 12.4 Å². The lowest BCUT2D eigenvalue weighted by molar-refractivity contribution is -0.138. The molecule has 0 aliphatic heterocycles. The molecule has 0 aliphatic rings. The molecule has 2 heterocycles. The molecule has 0 aliphatic carbocycles. The zero-order valence-corrected chi connectivity index (χ0v) is 14.5. The van der Waals surface area contributed by atoms with Gasteiger partial charge in [0, 0.05) is 29.7 Å². The van der Waals surface area contributed by atoms with Crippen molar-refractivity contribution in [1.29, 1.82) is 0 Å². The number of hydrogen-bond donors (Lipinski definition) is 2. The first-order valence-corrected chi connectivity index (χ1v) is 7.99. The van der Waals surface area contributed by atoms with Crippen LogP contribution in [-0.4, -0.2) is 23.0 Å². The molecule has 3 rings (SSSR count). The van der Waals surface area contributed by atoms with Crippen LogP contribution in [0, 0.1) is 0 Å². The molecule has 0 unspecified atom stereocenters. The quantitative estimate of drug-likeness (QED) is 0.712. The largest absolute Gasteiger partial charge is 0.496 e. The number of benzene rings is 1. The van der Waals surface area contributed by atoms with Crippen molar-refractivity contribution in [2.45, 2.75) is 6.18 Å². The number of amides is 1. The maximum atomic E-state index is 13.1. The summed E-state index contributed by atoms with van der Waals surface area (Å²) in [5.41, 5.74) is -0.683. The van der Waals surface area contributed by atoms with Crippen LogP contribution in [0.25, 0.3) is 11.1 Å². The number of ether oxygens (including phenoxy) is 1. The van der Waals surface area contributed by atoms with Crippen LogP contribution in [0.3, 0.4) is 0 Å². The van der Waals surface area contributed by atoms with Crippen molar-refractivity contribution < 1.29 is 22.7 Å². The van der Waals surface area contributed by atoms with Crippen molar-refractivity contribution in [3.05, 3.63) is 76.5 Å². The van der Waals surface area contributed by atoms with Crippen molar-refractivity contribution in [3.63, 3.8) is 0 Å². The maximum absolute atomic E-state index is 13.1. The highest BCUT2D eigenvalue weighted by Crippen LogP contribution is 2.36. The van der Waals surface area contributed by atoms with Crippen LogP contribution in [0.4, 0.5) is 18.9 Å². The fourth-order valence-corrected chi connectivity index (χ4v) is 2.55. The zero-order valence-electron chi connectivity index (χ0n) is 14.5. The van der Waals surface area contributed by atoms with Gasteiger partial charge in [-0.3, -0.25) is 14.6 Å². The molecule has 2 aromatic heterocycles. The van der Waals surface area contributed by atoms with Gasteiger partial charge in [-0.05, 0) is 42.0 Å². The van der Waals surface area contributed by atoms with E-state index in [9.17, 15) is 22.8 Å².